The topological polar surface area (TPSA) is 12.0 Å². The first-order valence-electron chi connectivity index (χ1n) is 6.66. The molecule has 0 saturated heterocycles. The highest BCUT2D eigenvalue weighted by atomic mass is 35.5. The quantitative estimate of drug-likeness (QED) is 0.728. The van der Waals surface area contributed by atoms with E-state index in [1.807, 2.05) is 13.0 Å². The lowest BCUT2D eigenvalue weighted by Crippen LogP contribution is -2.24. The minimum absolute atomic E-state index is 0.215. The number of hydrogen-bond acceptors (Lipinski definition) is 1. The van der Waals surface area contributed by atoms with Crippen molar-refractivity contribution in [3.63, 3.8) is 0 Å². The van der Waals surface area contributed by atoms with Crippen molar-refractivity contribution in [1.82, 2.24) is 5.32 Å². The summed E-state index contributed by atoms with van der Waals surface area (Å²) in [6, 6.07) is 8.73. The van der Waals surface area contributed by atoms with E-state index < -0.39 is 17.7 Å². The lowest BCUT2D eigenvalue weighted by Gasteiger charge is -2.21. The highest BCUT2D eigenvalue weighted by molar-refractivity contribution is 6.31. The first-order chi connectivity index (χ1) is 10.0. The molecule has 1 atom stereocenters. The molecule has 0 aliphatic heterocycles. The van der Waals surface area contributed by atoms with Crippen LogP contribution in [-0.4, -0.2) is 6.54 Å². The van der Waals surface area contributed by atoms with Crippen molar-refractivity contribution in [2.24, 2.45) is 0 Å². The van der Waals surface area contributed by atoms with E-state index in [1.54, 1.807) is 18.2 Å². The molecule has 5 heteroatoms. The third-order valence-electron chi connectivity index (χ3n) is 3.13. The highest BCUT2D eigenvalue weighted by Gasteiger charge is 2.20. The van der Waals surface area contributed by atoms with Gasteiger partial charge in [0.25, 0.3) is 0 Å². The molecule has 0 saturated carbocycles. The average Bonchev–Trinajstić information content (AvgIpc) is 2.44. The molecule has 0 aromatic heterocycles. The van der Waals surface area contributed by atoms with Crippen LogP contribution in [0.5, 0.6) is 0 Å². The van der Waals surface area contributed by atoms with Crippen molar-refractivity contribution < 1.29 is 8.78 Å². The Bertz CT molecular complexity index is 632. The molecule has 0 aliphatic rings. The number of benzene rings is 2. The SMILES string of the molecule is CCCNC(c1cccc(Cl)c1)c1cc(F)c(Cl)cc1F. The molecule has 21 heavy (non-hydrogen) atoms. The monoisotopic (exact) mass is 329 g/mol. The van der Waals surface area contributed by atoms with E-state index in [0.717, 1.165) is 24.1 Å². The van der Waals surface area contributed by atoms with Crippen LogP contribution in [0.25, 0.3) is 0 Å². The molecule has 0 amide bonds. The second kappa shape index (κ2) is 7.21. The smallest absolute Gasteiger partial charge is 0.142 e. The van der Waals surface area contributed by atoms with Gasteiger partial charge in [-0.25, -0.2) is 8.78 Å². The molecular formula is C16H15Cl2F2N. The fourth-order valence-electron chi connectivity index (χ4n) is 2.14. The molecule has 0 radical (unpaired) electrons. The van der Waals surface area contributed by atoms with E-state index in [0.29, 0.717) is 11.6 Å². The Labute approximate surface area is 132 Å². The molecule has 0 heterocycles. The van der Waals surface area contributed by atoms with Crippen LogP contribution in [0.4, 0.5) is 8.78 Å². The molecular weight excluding hydrogens is 315 g/mol. The molecule has 0 fully saturated rings. The molecule has 0 spiro atoms. The number of hydrogen-bond donors (Lipinski definition) is 1. The van der Waals surface area contributed by atoms with E-state index in [4.69, 9.17) is 23.2 Å². The van der Waals surface area contributed by atoms with Crippen molar-refractivity contribution in [2.75, 3.05) is 6.54 Å². The third kappa shape index (κ3) is 3.94. The van der Waals surface area contributed by atoms with Crippen LogP contribution in [0.15, 0.2) is 36.4 Å². The van der Waals surface area contributed by atoms with Crippen LogP contribution in [0.3, 0.4) is 0 Å². The summed E-state index contributed by atoms with van der Waals surface area (Å²) in [7, 11) is 0. The molecule has 112 valence electrons. The van der Waals surface area contributed by atoms with Crippen molar-refractivity contribution in [2.45, 2.75) is 19.4 Å². The van der Waals surface area contributed by atoms with Gasteiger partial charge in [0.1, 0.15) is 11.6 Å². The Morgan fingerprint density at radius 1 is 1.10 bits per heavy atom. The van der Waals surface area contributed by atoms with E-state index in [2.05, 4.69) is 5.32 Å². The van der Waals surface area contributed by atoms with Gasteiger partial charge in [-0.05, 0) is 42.8 Å². The van der Waals surface area contributed by atoms with Crippen molar-refractivity contribution in [3.05, 3.63) is 69.2 Å². The zero-order chi connectivity index (χ0) is 15.4. The van der Waals surface area contributed by atoms with E-state index in [9.17, 15) is 8.78 Å². The molecule has 1 nitrogen and oxygen atoms in total. The van der Waals surface area contributed by atoms with E-state index >= 15 is 0 Å². The van der Waals surface area contributed by atoms with Crippen LogP contribution in [0.2, 0.25) is 10.0 Å². The van der Waals surface area contributed by atoms with Crippen LogP contribution >= 0.6 is 23.2 Å². The molecule has 2 aromatic rings. The Balaban J connectivity index is 2.47. The van der Waals surface area contributed by atoms with Crippen LogP contribution in [-0.2, 0) is 0 Å². The third-order valence-corrected chi connectivity index (χ3v) is 3.66. The molecule has 1 N–H and O–H groups in total. The predicted molar refractivity (Wildman–Crippen MR) is 83.0 cm³/mol. The molecule has 1 unspecified atom stereocenters. The summed E-state index contributed by atoms with van der Waals surface area (Å²) in [6.07, 6.45) is 0.870. The second-order valence-electron chi connectivity index (χ2n) is 4.73. The van der Waals surface area contributed by atoms with Crippen LogP contribution in [0, 0.1) is 11.6 Å². The Kier molecular flexibility index (Phi) is 5.57. The number of nitrogens with one attached hydrogen (secondary N) is 1. The van der Waals surface area contributed by atoms with Crippen LogP contribution in [0.1, 0.15) is 30.5 Å². The van der Waals surface area contributed by atoms with Gasteiger partial charge in [0, 0.05) is 10.6 Å². The summed E-state index contributed by atoms with van der Waals surface area (Å²) in [6.45, 7) is 2.67. The van der Waals surface area contributed by atoms with Gasteiger partial charge in [-0.2, -0.15) is 0 Å². The molecule has 2 rings (SSSR count). The van der Waals surface area contributed by atoms with Crippen molar-refractivity contribution >= 4 is 23.2 Å². The van der Waals surface area contributed by atoms with Gasteiger partial charge in [-0.3, -0.25) is 0 Å². The minimum atomic E-state index is -0.640. The Morgan fingerprint density at radius 2 is 1.86 bits per heavy atom. The van der Waals surface area contributed by atoms with Gasteiger partial charge in [-0.1, -0.05) is 42.3 Å². The zero-order valence-corrected chi connectivity index (χ0v) is 13.0. The fraction of sp³-hybridized carbons (Fsp3) is 0.250. The first kappa shape index (κ1) is 16.2. The van der Waals surface area contributed by atoms with Gasteiger partial charge in [-0.15, -0.1) is 0 Å². The maximum absolute atomic E-state index is 14.2. The second-order valence-corrected chi connectivity index (χ2v) is 5.57. The summed E-state index contributed by atoms with van der Waals surface area (Å²) < 4.78 is 27.9. The number of rotatable bonds is 5. The van der Waals surface area contributed by atoms with Crippen molar-refractivity contribution in [1.29, 1.82) is 0 Å². The maximum atomic E-state index is 14.2. The lowest BCUT2D eigenvalue weighted by atomic mass is 9.98. The highest BCUT2D eigenvalue weighted by Crippen LogP contribution is 2.29. The van der Waals surface area contributed by atoms with Gasteiger partial charge in [0.05, 0.1) is 11.1 Å². The van der Waals surface area contributed by atoms with Crippen molar-refractivity contribution in [3.8, 4) is 0 Å². The van der Waals surface area contributed by atoms with Crippen LogP contribution < -0.4 is 5.32 Å². The lowest BCUT2D eigenvalue weighted by molar-refractivity contribution is 0.535. The molecule has 0 aliphatic carbocycles. The summed E-state index contributed by atoms with van der Waals surface area (Å²) in [5.41, 5.74) is 0.990. The fourth-order valence-corrected chi connectivity index (χ4v) is 2.49. The number of halogens is 4. The molecule has 2 aromatic carbocycles. The summed E-state index contributed by atoms with van der Waals surface area (Å²) in [4.78, 5) is 0. The Hall–Kier alpha value is -1.16. The largest absolute Gasteiger partial charge is 0.306 e. The Morgan fingerprint density at radius 3 is 2.52 bits per heavy atom. The average molecular weight is 330 g/mol. The van der Waals surface area contributed by atoms with E-state index in [-0.39, 0.29) is 10.6 Å². The normalized spacial score (nSPS) is 12.4. The van der Waals surface area contributed by atoms with E-state index in [1.165, 1.54) is 0 Å². The summed E-state index contributed by atoms with van der Waals surface area (Å²) >= 11 is 11.6. The standard InChI is InChI=1S/C16H15Cl2F2N/c1-2-6-21-16(10-4-3-5-11(17)7-10)12-8-15(20)13(18)9-14(12)19/h3-5,7-9,16,21H,2,6H2,1H3. The minimum Gasteiger partial charge on any atom is -0.306 e. The van der Waals surface area contributed by atoms with Gasteiger partial charge >= 0.3 is 0 Å². The molecule has 0 bridgehead atoms. The summed E-state index contributed by atoms with van der Waals surface area (Å²) in [5, 5.41) is 3.53. The first-order valence-corrected chi connectivity index (χ1v) is 7.41. The predicted octanol–water partition coefficient (Wildman–Crippen LogP) is 5.36. The van der Waals surface area contributed by atoms with Gasteiger partial charge in [0.2, 0.25) is 0 Å². The zero-order valence-electron chi connectivity index (χ0n) is 11.5. The van der Waals surface area contributed by atoms with Gasteiger partial charge in [0.15, 0.2) is 0 Å². The van der Waals surface area contributed by atoms with Gasteiger partial charge < -0.3 is 5.32 Å². The summed E-state index contributed by atoms with van der Waals surface area (Å²) in [5.74, 6) is -1.19. The maximum Gasteiger partial charge on any atom is 0.142 e.